The van der Waals surface area contributed by atoms with Crippen LogP contribution in [-0.2, 0) is 28.6 Å². The number of hydrogen-bond acceptors (Lipinski definition) is 6. The average Bonchev–Trinajstić information content (AvgIpc) is 3.19. The van der Waals surface area contributed by atoms with Gasteiger partial charge in [0.15, 0.2) is 12.1 Å². The van der Waals surface area contributed by atoms with Gasteiger partial charge in [-0.15, -0.1) is 0 Å². The van der Waals surface area contributed by atoms with E-state index in [9.17, 15) is 19.5 Å². The third-order valence-corrected chi connectivity index (χ3v) is 10.4. The fourth-order valence-electron chi connectivity index (χ4n) is 6.77. The standard InChI is InChI=1S/C51H89NO7/c1-6-8-10-12-14-16-18-20-21-22-23-24-25-26-27-28-30-32-34-36-38-40-42-50(54)59-47(45-57-44-43-48(51(55)56)52(3,4)5)46-58-49(53)41-39-37-35-33-31-29-19-17-15-13-11-9-7-2/h8,10,14,16,20-21,23-24,26-27,47-48H,6-7,9,11-13,15,17-19,22,25,28-46H2,1-5H3/p+1/b10-8+,16-14+,21-20+,24-23+,27-26+. The number of likely N-dealkylation sites (N-methyl/N-ethyl adjacent to an activating group) is 1. The number of allylic oxidation sites excluding steroid dienone is 10. The molecule has 0 heterocycles. The van der Waals surface area contributed by atoms with Gasteiger partial charge in [0, 0.05) is 19.3 Å². The van der Waals surface area contributed by atoms with E-state index in [1.54, 1.807) is 0 Å². The molecule has 0 aliphatic rings. The topological polar surface area (TPSA) is 99.1 Å². The number of carbonyl (C=O) groups is 3. The monoisotopic (exact) mass is 829 g/mol. The van der Waals surface area contributed by atoms with Crippen molar-refractivity contribution in [2.45, 2.75) is 206 Å². The molecule has 8 nitrogen and oxygen atoms in total. The minimum absolute atomic E-state index is 0.0547. The number of carboxylic acids is 1. The van der Waals surface area contributed by atoms with Gasteiger partial charge in [0.1, 0.15) is 6.61 Å². The van der Waals surface area contributed by atoms with Crippen LogP contribution in [0.25, 0.3) is 0 Å². The summed E-state index contributed by atoms with van der Waals surface area (Å²) in [6.07, 6.45) is 51.2. The quantitative estimate of drug-likeness (QED) is 0.0283. The van der Waals surface area contributed by atoms with Crippen LogP contribution in [0.5, 0.6) is 0 Å². The van der Waals surface area contributed by atoms with E-state index in [0.29, 0.717) is 19.3 Å². The van der Waals surface area contributed by atoms with E-state index in [1.165, 1.54) is 77.0 Å². The number of nitrogens with zero attached hydrogens (tertiary/aromatic N) is 1. The Labute approximate surface area is 362 Å². The second-order valence-corrected chi connectivity index (χ2v) is 17.0. The molecule has 0 rings (SSSR count). The van der Waals surface area contributed by atoms with Crippen molar-refractivity contribution < 1.29 is 38.2 Å². The van der Waals surface area contributed by atoms with Crippen molar-refractivity contribution in [3.63, 3.8) is 0 Å². The Morgan fingerprint density at radius 3 is 1.41 bits per heavy atom. The normalized spacial score (nSPS) is 13.4. The maximum absolute atomic E-state index is 12.8. The molecule has 59 heavy (non-hydrogen) atoms. The number of esters is 2. The van der Waals surface area contributed by atoms with Crippen molar-refractivity contribution in [2.24, 2.45) is 0 Å². The second kappa shape index (κ2) is 41.8. The predicted octanol–water partition coefficient (Wildman–Crippen LogP) is 13.4. The number of ether oxygens (including phenoxy) is 3. The molecule has 0 bridgehead atoms. The minimum Gasteiger partial charge on any atom is -0.477 e. The molecule has 0 aromatic heterocycles. The molecular formula is C51H90NO7+. The third-order valence-electron chi connectivity index (χ3n) is 10.4. The van der Waals surface area contributed by atoms with Crippen molar-refractivity contribution in [1.82, 2.24) is 0 Å². The lowest BCUT2D eigenvalue weighted by molar-refractivity contribution is -0.887. The highest BCUT2D eigenvalue weighted by Gasteiger charge is 2.31. The molecule has 8 heteroatoms. The van der Waals surface area contributed by atoms with E-state index in [2.05, 4.69) is 74.6 Å². The van der Waals surface area contributed by atoms with Gasteiger partial charge < -0.3 is 23.8 Å². The first-order valence-corrected chi connectivity index (χ1v) is 23.8. The molecule has 0 spiro atoms. The molecule has 0 aliphatic carbocycles. The first-order chi connectivity index (χ1) is 28.6. The molecule has 0 aromatic carbocycles. The number of carboxylic acid groups (broad SMARTS) is 1. The summed E-state index contributed by atoms with van der Waals surface area (Å²) < 4.78 is 17.3. The largest absolute Gasteiger partial charge is 0.477 e. The molecule has 0 aliphatic heterocycles. The summed E-state index contributed by atoms with van der Waals surface area (Å²) in [6, 6.07) is -0.618. The van der Waals surface area contributed by atoms with Crippen molar-refractivity contribution in [2.75, 3.05) is 41.0 Å². The van der Waals surface area contributed by atoms with Gasteiger partial charge in [0.2, 0.25) is 0 Å². The summed E-state index contributed by atoms with van der Waals surface area (Å²) in [7, 11) is 5.52. The summed E-state index contributed by atoms with van der Waals surface area (Å²) >= 11 is 0. The number of aliphatic carboxylic acids is 1. The Morgan fingerprint density at radius 2 is 0.949 bits per heavy atom. The molecule has 0 radical (unpaired) electrons. The molecule has 340 valence electrons. The van der Waals surface area contributed by atoms with Gasteiger partial charge in [-0.05, 0) is 57.8 Å². The number of unbranched alkanes of at least 4 members (excludes halogenated alkanes) is 18. The second-order valence-electron chi connectivity index (χ2n) is 17.0. The highest BCUT2D eigenvalue weighted by Crippen LogP contribution is 2.15. The van der Waals surface area contributed by atoms with Crippen LogP contribution in [0.15, 0.2) is 60.8 Å². The minimum atomic E-state index is -0.878. The van der Waals surface area contributed by atoms with Crippen LogP contribution in [0.4, 0.5) is 0 Å². The fraction of sp³-hybridized carbons (Fsp3) is 0.745. The van der Waals surface area contributed by atoms with Crippen LogP contribution in [0.2, 0.25) is 0 Å². The van der Waals surface area contributed by atoms with E-state index >= 15 is 0 Å². The summed E-state index contributed by atoms with van der Waals surface area (Å²) in [5, 5.41) is 9.63. The van der Waals surface area contributed by atoms with Crippen LogP contribution >= 0.6 is 0 Å². The summed E-state index contributed by atoms with van der Waals surface area (Å²) in [5.74, 6) is -1.48. The zero-order valence-corrected chi connectivity index (χ0v) is 38.7. The van der Waals surface area contributed by atoms with Crippen LogP contribution in [0.3, 0.4) is 0 Å². The Morgan fingerprint density at radius 1 is 0.525 bits per heavy atom. The van der Waals surface area contributed by atoms with Gasteiger partial charge in [-0.25, -0.2) is 4.79 Å². The summed E-state index contributed by atoms with van der Waals surface area (Å²) in [4.78, 5) is 37.0. The molecule has 0 aromatic rings. The Hall–Kier alpha value is -2.97. The lowest BCUT2D eigenvalue weighted by Gasteiger charge is -2.31. The molecule has 0 amide bonds. The first-order valence-electron chi connectivity index (χ1n) is 23.8. The van der Waals surface area contributed by atoms with E-state index in [4.69, 9.17) is 14.2 Å². The molecule has 2 atom stereocenters. The van der Waals surface area contributed by atoms with Gasteiger partial charge in [-0.2, -0.15) is 0 Å². The van der Waals surface area contributed by atoms with E-state index in [1.807, 2.05) is 21.1 Å². The van der Waals surface area contributed by atoms with E-state index in [-0.39, 0.29) is 36.2 Å². The van der Waals surface area contributed by atoms with Crippen molar-refractivity contribution >= 4 is 17.9 Å². The van der Waals surface area contributed by atoms with Gasteiger partial charge in [0.25, 0.3) is 0 Å². The van der Waals surface area contributed by atoms with Crippen molar-refractivity contribution in [3.8, 4) is 0 Å². The Kier molecular flexibility index (Phi) is 39.6. The SMILES string of the molecule is CC/C=C/C/C=C/C/C=C/C/C=C/C/C=C/CCCCCCCCC(=O)OC(COCCC(C(=O)O)[N+](C)(C)C)COC(=O)CCCCCCCCCCCCCCC. The molecule has 0 saturated heterocycles. The number of hydrogen-bond donors (Lipinski definition) is 1. The summed E-state index contributed by atoms with van der Waals surface area (Å²) in [6.45, 7) is 4.61. The summed E-state index contributed by atoms with van der Waals surface area (Å²) in [5.41, 5.74) is 0. The highest BCUT2D eigenvalue weighted by atomic mass is 16.6. The van der Waals surface area contributed by atoms with Gasteiger partial charge in [-0.3, -0.25) is 9.59 Å². The molecule has 2 unspecified atom stereocenters. The maximum atomic E-state index is 12.8. The van der Waals surface area contributed by atoms with Crippen LogP contribution in [-0.4, -0.2) is 80.6 Å². The number of quaternary nitrogens is 1. The van der Waals surface area contributed by atoms with Crippen molar-refractivity contribution in [1.29, 1.82) is 0 Å². The fourth-order valence-corrected chi connectivity index (χ4v) is 6.77. The van der Waals surface area contributed by atoms with E-state index < -0.39 is 18.1 Å². The molecule has 1 N–H and O–H groups in total. The van der Waals surface area contributed by atoms with Gasteiger partial charge in [-0.1, -0.05) is 177 Å². The van der Waals surface area contributed by atoms with Gasteiger partial charge in [0.05, 0.1) is 34.4 Å². The number of carbonyl (C=O) groups excluding carboxylic acids is 2. The van der Waals surface area contributed by atoms with Crippen molar-refractivity contribution in [3.05, 3.63) is 60.8 Å². The molecule has 0 fully saturated rings. The van der Waals surface area contributed by atoms with Crippen LogP contribution in [0, 0.1) is 0 Å². The van der Waals surface area contributed by atoms with Crippen LogP contribution in [0.1, 0.15) is 194 Å². The Bertz CT molecular complexity index is 1150. The smallest absolute Gasteiger partial charge is 0.362 e. The average molecular weight is 829 g/mol. The molecule has 0 saturated carbocycles. The zero-order chi connectivity index (χ0) is 43.5. The predicted molar refractivity (Wildman–Crippen MR) is 247 cm³/mol. The molecular weight excluding hydrogens is 739 g/mol. The Balaban J connectivity index is 4.31. The van der Waals surface area contributed by atoms with Gasteiger partial charge >= 0.3 is 17.9 Å². The zero-order valence-electron chi connectivity index (χ0n) is 38.7. The lowest BCUT2D eigenvalue weighted by Crippen LogP contribution is -2.50. The highest BCUT2D eigenvalue weighted by molar-refractivity contribution is 5.72. The van der Waals surface area contributed by atoms with Crippen LogP contribution < -0.4 is 0 Å². The number of rotatable bonds is 42. The lowest BCUT2D eigenvalue weighted by atomic mass is 10.0. The maximum Gasteiger partial charge on any atom is 0.362 e. The third kappa shape index (κ3) is 40.2. The first kappa shape index (κ1) is 56.0. The van der Waals surface area contributed by atoms with E-state index in [0.717, 1.165) is 83.5 Å².